The molecule has 2 N–H and O–H groups in total. The molecule has 4 heteroatoms. The molecule has 4 nitrogen and oxygen atoms in total. The molecule has 1 rings (SSSR count). The van der Waals surface area contributed by atoms with Gasteiger partial charge in [0.25, 0.3) is 0 Å². The van der Waals surface area contributed by atoms with E-state index < -0.39 is 5.97 Å². The van der Waals surface area contributed by atoms with Crippen LogP contribution in [0.5, 0.6) is 0 Å². The van der Waals surface area contributed by atoms with Crippen molar-refractivity contribution in [2.24, 2.45) is 5.92 Å². The van der Waals surface area contributed by atoms with Gasteiger partial charge < -0.3 is 10.4 Å². The summed E-state index contributed by atoms with van der Waals surface area (Å²) in [5.41, 5.74) is 0. The molecule has 1 saturated carbocycles. The molecule has 0 aromatic carbocycles. The molecule has 0 aromatic heterocycles. The van der Waals surface area contributed by atoms with E-state index in [4.69, 9.17) is 5.11 Å². The van der Waals surface area contributed by atoms with Crippen LogP contribution in [0.4, 0.5) is 0 Å². The molecule has 0 radical (unpaired) electrons. The van der Waals surface area contributed by atoms with E-state index in [2.05, 4.69) is 12.2 Å². The Morgan fingerprint density at radius 3 is 2.50 bits per heavy atom. The number of aliphatic carboxylic acids is 1. The number of nitrogens with one attached hydrogen (secondary N) is 1. The number of unbranched alkanes of at least 4 members (excludes halogenated alkanes) is 1. The molecule has 0 spiro atoms. The van der Waals surface area contributed by atoms with E-state index in [1.54, 1.807) is 0 Å². The highest BCUT2D eigenvalue weighted by Crippen LogP contribution is 2.23. The molecule has 18 heavy (non-hydrogen) atoms. The third kappa shape index (κ3) is 6.03. The maximum absolute atomic E-state index is 11.8. The first-order chi connectivity index (χ1) is 8.59. The lowest BCUT2D eigenvalue weighted by atomic mass is 9.97. The highest BCUT2D eigenvalue weighted by atomic mass is 16.4. The Bertz CT molecular complexity index is 278. The number of carboxylic acids is 1. The lowest BCUT2D eigenvalue weighted by Gasteiger charge is -2.22. The first-order valence-corrected chi connectivity index (χ1v) is 7.10. The molecule has 0 saturated heterocycles. The smallest absolute Gasteiger partial charge is 0.303 e. The number of carboxylic acid groups (broad SMARTS) is 1. The Hall–Kier alpha value is -1.06. The molecule has 0 heterocycles. The van der Waals surface area contributed by atoms with Crippen molar-refractivity contribution < 1.29 is 14.7 Å². The normalized spacial score (nSPS) is 24.3. The molecule has 1 fully saturated rings. The highest BCUT2D eigenvalue weighted by molar-refractivity contribution is 5.76. The summed E-state index contributed by atoms with van der Waals surface area (Å²) in [6, 6.07) is 0.319. The van der Waals surface area contributed by atoms with E-state index in [0.29, 0.717) is 31.2 Å². The van der Waals surface area contributed by atoms with Gasteiger partial charge in [-0.05, 0) is 31.6 Å². The summed E-state index contributed by atoms with van der Waals surface area (Å²) in [7, 11) is 0. The number of rotatable bonds is 6. The standard InChI is InChI=1S/C14H25NO3/c1-11-7-3-2-4-8-12(11)15-13(16)9-5-6-10-14(17)18/h11-12H,2-10H2,1H3,(H,15,16)(H,17,18). The Kier molecular flexibility index (Phi) is 6.76. The van der Waals surface area contributed by atoms with Crippen molar-refractivity contribution in [2.75, 3.05) is 0 Å². The van der Waals surface area contributed by atoms with Gasteiger partial charge in [-0.3, -0.25) is 9.59 Å². The molecule has 104 valence electrons. The van der Waals surface area contributed by atoms with Gasteiger partial charge in [-0.2, -0.15) is 0 Å². The maximum Gasteiger partial charge on any atom is 0.303 e. The van der Waals surface area contributed by atoms with E-state index in [0.717, 1.165) is 6.42 Å². The van der Waals surface area contributed by atoms with E-state index in [1.165, 1.54) is 25.7 Å². The third-order valence-corrected chi connectivity index (χ3v) is 3.75. The van der Waals surface area contributed by atoms with E-state index in [9.17, 15) is 9.59 Å². The molecule has 1 aliphatic rings. The molecule has 1 amide bonds. The molecule has 0 bridgehead atoms. The first kappa shape index (κ1) is 15.0. The van der Waals surface area contributed by atoms with Crippen LogP contribution in [0, 0.1) is 5.92 Å². The second-order valence-corrected chi connectivity index (χ2v) is 5.39. The van der Waals surface area contributed by atoms with Crippen LogP contribution in [0.3, 0.4) is 0 Å². The summed E-state index contributed by atoms with van der Waals surface area (Å²) in [5.74, 6) is -0.137. The summed E-state index contributed by atoms with van der Waals surface area (Å²) in [5, 5.41) is 11.6. The van der Waals surface area contributed by atoms with E-state index >= 15 is 0 Å². The second kappa shape index (κ2) is 8.11. The van der Waals surface area contributed by atoms with Gasteiger partial charge in [0.1, 0.15) is 0 Å². The molecule has 0 aliphatic heterocycles. The molecular formula is C14H25NO3. The summed E-state index contributed by atoms with van der Waals surface area (Å²) < 4.78 is 0. The molecule has 0 aromatic rings. The number of hydrogen-bond acceptors (Lipinski definition) is 2. The molecule has 2 atom stereocenters. The second-order valence-electron chi connectivity index (χ2n) is 5.39. The van der Waals surface area contributed by atoms with Gasteiger partial charge in [0.15, 0.2) is 0 Å². The fraction of sp³-hybridized carbons (Fsp3) is 0.857. The van der Waals surface area contributed by atoms with E-state index in [1.807, 2.05) is 0 Å². The number of hydrogen-bond donors (Lipinski definition) is 2. The fourth-order valence-electron chi connectivity index (χ4n) is 2.55. The quantitative estimate of drug-likeness (QED) is 0.566. The Morgan fingerprint density at radius 1 is 1.11 bits per heavy atom. The van der Waals surface area contributed by atoms with Crippen molar-refractivity contribution in [3.8, 4) is 0 Å². The Labute approximate surface area is 109 Å². The van der Waals surface area contributed by atoms with Crippen LogP contribution in [0.2, 0.25) is 0 Å². The fourth-order valence-corrected chi connectivity index (χ4v) is 2.55. The Balaban J connectivity index is 2.19. The van der Waals surface area contributed by atoms with Crippen LogP contribution in [-0.2, 0) is 9.59 Å². The van der Waals surface area contributed by atoms with Crippen molar-refractivity contribution in [2.45, 2.75) is 70.8 Å². The minimum Gasteiger partial charge on any atom is -0.481 e. The van der Waals surface area contributed by atoms with Gasteiger partial charge in [0, 0.05) is 18.9 Å². The minimum atomic E-state index is -0.784. The van der Waals surface area contributed by atoms with Gasteiger partial charge in [0.2, 0.25) is 5.91 Å². The predicted molar refractivity (Wildman–Crippen MR) is 70.3 cm³/mol. The van der Waals surface area contributed by atoms with Gasteiger partial charge >= 0.3 is 5.97 Å². The zero-order chi connectivity index (χ0) is 13.4. The number of amides is 1. The van der Waals surface area contributed by atoms with Crippen molar-refractivity contribution in [3.63, 3.8) is 0 Å². The van der Waals surface area contributed by atoms with Crippen LogP contribution in [0.1, 0.15) is 64.7 Å². The van der Waals surface area contributed by atoms with Crippen LogP contribution >= 0.6 is 0 Å². The van der Waals surface area contributed by atoms with Crippen LogP contribution < -0.4 is 5.32 Å². The van der Waals surface area contributed by atoms with Crippen molar-refractivity contribution in [1.29, 1.82) is 0 Å². The lowest BCUT2D eigenvalue weighted by Crippen LogP contribution is -2.38. The zero-order valence-corrected chi connectivity index (χ0v) is 11.3. The van der Waals surface area contributed by atoms with Crippen molar-refractivity contribution in [3.05, 3.63) is 0 Å². The average Bonchev–Trinajstić information content (AvgIpc) is 2.50. The van der Waals surface area contributed by atoms with Gasteiger partial charge in [-0.15, -0.1) is 0 Å². The SMILES string of the molecule is CC1CCCCCC1NC(=O)CCCCC(=O)O. The molecule has 1 aliphatic carbocycles. The highest BCUT2D eigenvalue weighted by Gasteiger charge is 2.21. The number of carbonyl (C=O) groups excluding carboxylic acids is 1. The number of carbonyl (C=O) groups is 2. The Morgan fingerprint density at radius 2 is 1.78 bits per heavy atom. The summed E-state index contributed by atoms with van der Waals surface area (Å²) in [6.07, 6.45) is 7.90. The predicted octanol–water partition coefficient (Wildman–Crippen LogP) is 2.72. The molecule has 2 unspecified atom stereocenters. The summed E-state index contributed by atoms with van der Waals surface area (Å²) in [6.45, 7) is 2.21. The molecular weight excluding hydrogens is 230 g/mol. The summed E-state index contributed by atoms with van der Waals surface area (Å²) >= 11 is 0. The minimum absolute atomic E-state index is 0.0825. The summed E-state index contributed by atoms with van der Waals surface area (Å²) in [4.78, 5) is 22.1. The topological polar surface area (TPSA) is 66.4 Å². The third-order valence-electron chi connectivity index (χ3n) is 3.75. The monoisotopic (exact) mass is 255 g/mol. The van der Waals surface area contributed by atoms with E-state index in [-0.39, 0.29) is 12.3 Å². The first-order valence-electron chi connectivity index (χ1n) is 7.10. The van der Waals surface area contributed by atoms with Gasteiger partial charge in [-0.25, -0.2) is 0 Å². The van der Waals surface area contributed by atoms with Crippen LogP contribution in [0.15, 0.2) is 0 Å². The lowest BCUT2D eigenvalue weighted by molar-refractivity contribution is -0.137. The van der Waals surface area contributed by atoms with Gasteiger partial charge in [0.05, 0.1) is 0 Å². The average molecular weight is 255 g/mol. The zero-order valence-electron chi connectivity index (χ0n) is 11.3. The largest absolute Gasteiger partial charge is 0.481 e. The van der Waals surface area contributed by atoms with Crippen molar-refractivity contribution in [1.82, 2.24) is 5.32 Å². The van der Waals surface area contributed by atoms with Crippen LogP contribution in [-0.4, -0.2) is 23.0 Å². The maximum atomic E-state index is 11.8. The van der Waals surface area contributed by atoms with Gasteiger partial charge in [-0.1, -0.05) is 26.2 Å². The van der Waals surface area contributed by atoms with Crippen LogP contribution in [0.25, 0.3) is 0 Å². The van der Waals surface area contributed by atoms with Crippen molar-refractivity contribution >= 4 is 11.9 Å².